The lowest BCUT2D eigenvalue weighted by atomic mass is 10.0. The zero-order chi connectivity index (χ0) is 31.6. The van der Waals surface area contributed by atoms with Crippen molar-refractivity contribution in [2.75, 3.05) is 54.4 Å². The number of rotatable bonds is 32. The Morgan fingerprint density at radius 2 is 0.432 bits per heavy atom. The van der Waals surface area contributed by atoms with Gasteiger partial charge in [0.25, 0.3) is 0 Å². The van der Waals surface area contributed by atoms with Crippen LogP contribution in [0, 0.1) is 0 Å². The highest BCUT2D eigenvalue weighted by Crippen LogP contribution is 2.15. The van der Waals surface area contributed by atoms with E-state index in [0.29, 0.717) is 0 Å². The number of unbranched alkanes of at least 4 members (excludes halogenated alkanes) is 26. The maximum atomic E-state index is 2.35. The largest absolute Gasteiger partial charge is 1.00 e. The second kappa shape index (κ2) is 39.9. The van der Waals surface area contributed by atoms with E-state index in [2.05, 4.69) is 55.9 Å². The zero-order valence-electron chi connectivity index (χ0n) is 32.3. The summed E-state index contributed by atoms with van der Waals surface area (Å²) in [4.78, 5) is 0. The molecule has 0 unspecified atom stereocenters. The smallest absolute Gasteiger partial charge is 0.0782 e. The van der Waals surface area contributed by atoms with Crippen molar-refractivity contribution in [2.24, 2.45) is 0 Å². The fourth-order valence-corrected chi connectivity index (χ4v) is 5.78. The van der Waals surface area contributed by atoms with E-state index in [-0.39, 0.29) is 29.4 Å². The first-order valence-electron chi connectivity index (χ1n) is 19.9. The fraction of sp³-hybridized carbons (Fsp3) is 1.00. The maximum Gasteiger partial charge on any atom is 0.0782 e. The first-order valence-corrected chi connectivity index (χ1v) is 19.9. The van der Waals surface area contributed by atoms with Crippen LogP contribution in [0.25, 0.3) is 0 Å². The van der Waals surface area contributed by atoms with Crippen LogP contribution in [-0.2, 0) is 0 Å². The van der Waals surface area contributed by atoms with Crippen molar-refractivity contribution in [1.82, 2.24) is 0 Å². The Bertz CT molecular complexity index is 454. The lowest BCUT2D eigenvalue weighted by Gasteiger charge is -2.28. The third kappa shape index (κ3) is 44.8. The van der Waals surface area contributed by atoms with E-state index in [1.165, 1.54) is 215 Å². The topological polar surface area (TPSA) is 0 Å². The average Bonchev–Trinajstić information content (AvgIpc) is 2.97. The van der Waals surface area contributed by atoms with Gasteiger partial charge in [-0.1, -0.05) is 168 Å². The van der Waals surface area contributed by atoms with E-state index in [1.54, 1.807) is 0 Å². The Balaban J connectivity index is -0.000000348. The summed E-state index contributed by atoms with van der Waals surface area (Å²) in [7, 11) is 9.40. The van der Waals surface area contributed by atoms with Crippen LogP contribution in [0.5, 0.6) is 0 Å². The molecule has 0 heterocycles. The van der Waals surface area contributed by atoms with Crippen molar-refractivity contribution in [3.63, 3.8) is 0 Å². The molecule has 0 bridgehead atoms. The molecule has 44 heavy (non-hydrogen) atoms. The van der Waals surface area contributed by atoms with Gasteiger partial charge < -0.3 is 38.4 Å². The second-order valence-corrected chi connectivity index (χ2v) is 15.1. The second-order valence-electron chi connectivity index (χ2n) is 15.1. The van der Waals surface area contributed by atoms with Gasteiger partial charge in [0.15, 0.2) is 0 Å². The minimum Gasteiger partial charge on any atom is -1.00 e. The molecule has 0 aliphatic carbocycles. The molecule has 2 nitrogen and oxygen atoms in total. The third-order valence-electron chi connectivity index (χ3n) is 9.95. The van der Waals surface area contributed by atoms with E-state index in [1.807, 2.05) is 0 Å². The summed E-state index contributed by atoms with van der Waals surface area (Å²) in [5.74, 6) is 0. The summed E-state index contributed by atoms with van der Waals surface area (Å²) in [6, 6.07) is 0. The highest BCUT2D eigenvalue weighted by molar-refractivity contribution is 4.51. The van der Waals surface area contributed by atoms with E-state index >= 15 is 0 Å². The monoisotopic (exact) mass is 711 g/mol. The molecular formula is C40H88BrClN2. The molecule has 0 fully saturated rings. The molecule has 0 amide bonds. The molecule has 0 aromatic carbocycles. The van der Waals surface area contributed by atoms with Gasteiger partial charge in [-0.2, -0.15) is 0 Å². The Morgan fingerprint density at radius 1 is 0.273 bits per heavy atom. The maximum absolute atomic E-state index is 2.35. The molecule has 0 saturated carbocycles. The molecule has 0 saturated heterocycles. The molecule has 0 N–H and O–H groups in total. The lowest BCUT2D eigenvalue weighted by molar-refractivity contribution is -0.888. The van der Waals surface area contributed by atoms with Crippen molar-refractivity contribution in [3.8, 4) is 0 Å². The van der Waals surface area contributed by atoms with Crippen molar-refractivity contribution in [1.29, 1.82) is 0 Å². The predicted octanol–water partition coefficient (Wildman–Crippen LogP) is 7.14. The quantitative estimate of drug-likeness (QED) is 0.0515. The number of halogens is 2. The predicted molar refractivity (Wildman–Crippen MR) is 196 cm³/mol. The highest BCUT2D eigenvalue weighted by atomic mass is 79.9. The molecule has 0 aliphatic heterocycles. The summed E-state index contributed by atoms with van der Waals surface area (Å²) < 4.78 is 2.39. The highest BCUT2D eigenvalue weighted by Gasteiger charge is 2.10. The summed E-state index contributed by atoms with van der Waals surface area (Å²) in [6.07, 6.45) is 40.8. The van der Waals surface area contributed by atoms with E-state index in [0.717, 1.165) is 0 Å². The first-order chi connectivity index (χ1) is 20.2. The van der Waals surface area contributed by atoms with Gasteiger partial charge in [0, 0.05) is 0 Å². The Hall–Kier alpha value is 0.690. The Morgan fingerprint density at radius 3 is 0.591 bits per heavy atom. The number of hydrogen-bond acceptors (Lipinski definition) is 0. The van der Waals surface area contributed by atoms with Crippen LogP contribution in [0.2, 0.25) is 0 Å². The molecule has 0 aromatic heterocycles. The minimum atomic E-state index is 0. The zero-order valence-corrected chi connectivity index (χ0v) is 34.6. The van der Waals surface area contributed by atoms with Gasteiger partial charge >= 0.3 is 0 Å². The van der Waals surface area contributed by atoms with Crippen LogP contribution >= 0.6 is 0 Å². The number of hydrogen-bond donors (Lipinski definition) is 0. The number of nitrogens with zero attached hydrogens (tertiary/aromatic N) is 2. The SMILES string of the molecule is CCCCCCCCCCCCCCCC[N+](C)(C)CC.CCCCCCCCCCCCCCCC[N+](C)(C)CC.[Br-].[Cl-]. The average molecular weight is 713 g/mol. The van der Waals surface area contributed by atoms with E-state index in [9.17, 15) is 0 Å². The minimum absolute atomic E-state index is 0. The lowest BCUT2D eigenvalue weighted by Crippen LogP contribution is -3.00. The molecule has 0 spiro atoms. The van der Waals surface area contributed by atoms with Crippen LogP contribution in [0.4, 0.5) is 0 Å². The van der Waals surface area contributed by atoms with Gasteiger partial charge in [-0.15, -0.1) is 0 Å². The van der Waals surface area contributed by atoms with E-state index in [4.69, 9.17) is 0 Å². The van der Waals surface area contributed by atoms with Gasteiger partial charge in [0.2, 0.25) is 0 Å². The molecule has 0 aliphatic rings. The van der Waals surface area contributed by atoms with Crippen molar-refractivity contribution >= 4 is 0 Å². The van der Waals surface area contributed by atoms with Gasteiger partial charge in [-0.3, -0.25) is 0 Å². The Labute approximate surface area is 299 Å². The van der Waals surface area contributed by atoms with Crippen molar-refractivity contribution < 1.29 is 38.4 Å². The molecule has 0 radical (unpaired) electrons. The Kier molecular flexibility index (Phi) is 46.7. The van der Waals surface area contributed by atoms with Gasteiger partial charge in [-0.05, 0) is 39.5 Å². The first kappa shape index (κ1) is 51.5. The third-order valence-corrected chi connectivity index (χ3v) is 9.95. The fourth-order valence-electron chi connectivity index (χ4n) is 5.78. The van der Waals surface area contributed by atoms with Crippen LogP contribution in [0.15, 0.2) is 0 Å². The van der Waals surface area contributed by atoms with Crippen LogP contribution < -0.4 is 29.4 Å². The van der Waals surface area contributed by atoms with Crippen molar-refractivity contribution in [2.45, 2.75) is 207 Å². The molecular weight excluding hydrogens is 624 g/mol. The molecule has 0 aromatic rings. The molecule has 0 atom stereocenters. The normalized spacial score (nSPS) is 11.5. The molecule has 4 heteroatoms. The van der Waals surface area contributed by atoms with E-state index < -0.39 is 0 Å². The van der Waals surface area contributed by atoms with Crippen LogP contribution in [0.1, 0.15) is 207 Å². The summed E-state index contributed by atoms with van der Waals surface area (Å²) in [6.45, 7) is 14.4. The summed E-state index contributed by atoms with van der Waals surface area (Å²) in [5.41, 5.74) is 0. The van der Waals surface area contributed by atoms with Crippen molar-refractivity contribution in [3.05, 3.63) is 0 Å². The van der Waals surface area contributed by atoms with Gasteiger partial charge in [-0.25, -0.2) is 0 Å². The van der Waals surface area contributed by atoms with Crippen LogP contribution in [-0.4, -0.2) is 63.3 Å². The molecule has 272 valence electrons. The van der Waals surface area contributed by atoms with Gasteiger partial charge in [0.1, 0.15) is 0 Å². The number of quaternary nitrogens is 2. The van der Waals surface area contributed by atoms with Gasteiger partial charge in [0.05, 0.1) is 54.4 Å². The summed E-state index contributed by atoms with van der Waals surface area (Å²) >= 11 is 0. The van der Waals surface area contributed by atoms with Crippen LogP contribution in [0.3, 0.4) is 0 Å². The molecule has 0 rings (SSSR count). The standard InChI is InChI=1S/2C20H44N.BrH.ClH/c2*1-5-7-8-9-10-11-12-13-14-15-16-17-18-19-20-21(3,4)6-2;;/h2*5-20H2,1-4H3;2*1H/q2*+1;;/p-2. The summed E-state index contributed by atoms with van der Waals surface area (Å²) in [5, 5.41) is 0.